The third kappa shape index (κ3) is 1.01. The Bertz CT molecular complexity index is 269. The molecule has 1 aromatic rings. The summed E-state index contributed by atoms with van der Waals surface area (Å²) in [6.45, 7) is 0. The molecule has 1 aliphatic rings. The minimum atomic E-state index is 0.570. The summed E-state index contributed by atoms with van der Waals surface area (Å²) in [6, 6.07) is 6.95. The summed E-state index contributed by atoms with van der Waals surface area (Å²) < 4.78 is 1.24. The zero-order chi connectivity index (χ0) is 7.84. The van der Waals surface area contributed by atoms with Crippen molar-refractivity contribution in [1.29, 1.82) is 0 Å². The molecule has 0 bridgehead atoms. The predicted molar refractivity (Wildman–Crippen MR) is 49.6 cm³/mol. The van der Waals surface area contributed by atoms with Gasteiger partial charge in [0, 0.05) is 10.5 Å². The fourth-order valence-electron chi connectivity index (χ4n) is 1.59. The van der Waals surface area contributed by atoms with Gasteiger partial charge < -0.3 is 5.32 Å². The van der Waals surface area contributed by atoms with Crippen molar-refractivity contribution in [2.75, 3.05) is 7.05 Å². The summed E-state index contributed by atoms with van der Waals surface area (Å²) in [7, 11) is 2.01. The molecule has 0 spiro atoms. The highest BCUT2D eigenvalue weighted by molar-refractivity contribution is 9.10. The van der Waals surface area contributed by atoms with E-state index in [-0.39, 0.29) is 0 Å². The SMILES string of the molecule is CNC1Cc2cccc(Br)c21. The average molecular weight is 212 g/mol. The van der Waals surface area contributed by atoms with Crippen LogP contribution >= 0.6 is 15.9 Å². The molecule has 0 aliphatic heterocycles. The maximum atomic E-state index is 3.54. The van der Waals surface area contributed by atoms with Crippen LogP contribution in [0.5, 0.6) is 0 Å². The van der Waals surface area contributed by atoms with Crippen molar-refractivity contribution in [2.24, 2.45) is 0 Å². The number of likely N-dealkylation sites (N-methyl/N-ethyl adjacent to an activating group) is 1. The number of benzene rings is 1. The maximum Gasteiger partial charge on any atom is 0.0372 e. The van der Waals surface area contributed by atoms with Crippen molar-refractivity contribution in [3.8, 4) is 0 Å². The number of hydrogen-bond donors (Lipinski definition) is 1. The van der Waals surface area contributed by atoms with Crippen LogP contribution in [0.2, 0.25) is 0 Å². The van der Waals surface area contributed by atoms with E-state index < -0.39 is 0 Å². The molecule has 1 unspecified atom stereocenters. The van der Waals surface area contributed by atoms with Crippen molar-refractivity contribution in [3.63, 3.8) is 0 Å². The molecule has 1 N–H and O–H groups in total. The van der Waals surface area contributed by atoms with Crippen molar-refractivity contribution in [1.82, 2.24) is 5.32 Å². The molecular formula is C9H10BrN. The van der Waals surface area contributed by atoms with Gasteiger partial charge in [0.2, 0.25) is 0 Å². The Morgan fingerprint density at radius 3 is 3.00 bits per heavy atom. The van der Waals surface area contributed by atoms with Gasteiger partial charge in [0.1, 0.15) is 0 Å². The first-order chi connectivity index (χ1) is 5.33. The van der Waals surface area contributed by atoms with Crippen molar-refractivity contribution >= 4 is 15.9 Å². The lowest BCUT2D eigenvalue weighted by molar-refractivity contribution is 0.527. The van der Waals surface area contributed by atoms with Crippen LogP contribution in [-0.2, 0) is 6.42 Å². The van der Waals surface area contributed by atoms with Gasteiger partial charge in [-0.1, -0.05) is 28.1 Å². The van der Waals surface area contributed by atoms with Crippen LogP contribution in [0.25, 0.3) is 0 Å². The highest BCUT2D eigenvalue weighted by atomic mass is 79.9. The van der Waals surface area contributed by atoms with Gasteiger partial charge in [-0.15, -0.1) is 0 Å². The summed E-state index contributed by atoms with van der Waals surface area (Å²) in [5.41, 5.74) is 2.91. The smallest absolute Gasteiger partial charge is 0.0372 e. The largest absolute Gasteiger partial charge is 0.313 e. The Hall–Kier alpha value is -0.340. The normalized spacial score (nSPS) is 20.7. The van der Waals surface area contributed by atoms with E-state index in [0.29, 0.717) is 6.04 Å². The molecule has 0 heterocycles. The Morgan fingerprint density at radius 2 is 2.36 bits per heavy atom. The minimum absolute atomic E-state index is 0.570. The van der Waals surface area contributed by atoms with E-state index in [1.807, 2.05) is 7.05 Å². The molecule has 1 atom stereocenters. The lowest BCUT2D eigenvalue weighted by atomic mass is 9.83. The van der Waals surface area contributed by atoms with Crippen LogP contribution in [0.3, 0.4) is 0 Å². The zero-order valence-electron chi connectivity index (χ0n) is 6.39. The van der Waals surface area contributed by atoms with Gasteiger partial charge in [-0.3, -0.25) is 0 Å². The first kappa shape index (κ1) is 7.32. The second-order valence-electron chi connectivity index (χ2n) is 2.86. The summed E-state index contributed by atoms with van der Waals surface area (Å²) in [6.07, 6.45) is 1.17. The molecule has 0 amide bonds. The lowest BCUT2D eigenvalue weighted by Gasteiger charge is -2.30. The van der Waals surface area contributed by atoms with Crippen LogP contribution in [0.1, 0.15) is 17.2 Å². The molecular weight excluding hydrogens is 202 g/mol. The highest BCUT2D eigenvalue weighted by Gasteiger charge is 2.25. The fourth-order valence-corrected chi connectivity index (χ4v) is 2.27. The van der Waals surface area contributed by atoms with Gasteiger partial charge in [-0.25, -0.2) is 0 Å². The van der Waals surface area contributed by atoms with Crippen LogP contribution < -0.4 is 5.32 Å². The molecule has 1 nitrogen and oxygen atoms in total. The fraction of sp³-hybridized carbons (Fsp3) is 0.333. The number of hydrogen-bond acceptors (Lipinski definition) is 1. The quantitative estimate of drug-likeness (QED) is 0.752. The number of nitrogens with one attached hydrogen (secondary N) is 1. The Kier molecular flexibility index (Phi) is 1.74. The molecule has 2 heteroatoms. The Morgan fingerprint density at radius 1 is 1.55 bits per heavy atom. The van der Waals surface area contributed by atoms with Gasteiger partial charge in [-0.05, 0) is 30.7 Å². The second kappa shape index (κ2) is 2.61. The van der Waals surface area contributed by atoms with E-state index in [2.05, 4.69) is 39.4 Å². The summed E-state index contributed by atoms with van der Waals surface area (Å²) in [5.74, 6) is 0. The average Bonchev–Trinajstić information content (AvgIpc) is 1.93. The van der Waals surface area contributed by atoms with Crippen LogP contribution in [0, 0.1) is 0 Å². The molecule has 1 aromatic carbocycles. The number of rotatable bonds is 1. The molecule has 1 aliphatic carbocycles. The molecule has 0 fully saturated rings. The molecule has 11 heavy (non-hydrogen) atoms. The zero-order valence-corrected chi connectivity index (χ0v) is 7.98. The Labute approximate surface area is 74.9 Å². The van der Waals surface area contributed by atoms with Crippen LogP contribution in [-0.4, -0.2) is 7.05 Å². The monoisotopic (exact) mass is 211 g/mol. The third-order valence-electron chi connectivity index (χ3n) is 2.26. The summed E-state index contributed by atoms with van der Waals surface area (Å²) >= 11 is 3.54. The highest BCUT2D eigenvalue weighted by Crippen LogP contribution is 2.37. The third-order valence-corrected chi connectivity index (χ3v) is 2.96. The standard InChI is InChI=1S/C9H10BrN/c1-11-8-5-6-3-2-4-7(10)9(6)8/h2-4,8,11H,5H2,1H3. The molecule has 0 radical (unpaired) electrons. The van der Waals surface area contributed by atoms with Crippen LogP contribution in [0.4, 0.5) is 0 Å². The maximum absolute atomic E-state index is 3.54. The topological polar surface area (TPSA) is 12.0 Å². The van der Waals surface area contributed by atoms with E-state index in [4.69, 9.17) is 0 Å². The molecule has 2 rings (SSSR count). The molecule has 0 saturated heterocycles. The molecule has 58 valence electrons. The first-order valence-corrected chi connectivity index (χ1v) is 4.57. The Balaban J connectivity index is 2.43. The second-order valence-corrected chi connectivity index (χ2v) is 3.71. The van der Waals surface area contributed by atoms with E-state index in [9.17, 15) is 0 Å². The molecule has 0 saturated carbocycles. The van der Waals surface area contributed by atoms with Gasteiger partial charge in [0.05, 0.1) is 0 Å². The van der Waals surface area contributed by atoms with Crippen molar-refractivity contribution in [2.45, 2.75) is 12.5 Å². The van der Waals surface area contributed by atoms with Gasteiger partial charge >= 0.3 is 0 Å². The lowest BCUT2D eigenvalue weighted by Crippen LogP contribution is -2.28. The van der Waals surface area contributed by atoms with E-state index in [0.717, 1.165) is 0 Å². The number of fused-ring (bicyclic) bond motifs is 1. The van der Waals surface area contributed by atoms with Gasteiger partial charge in [-0.2, -0.15) is 0 Å². The summed E-state index contributed by atoms with van der Waals surface area (Å²) in [4.78, 5) is 0. The van der Waals surface area contributed by atoms with E-state index >= 15 is 0 Å². The van der Waals surface area contributed by atoms with Crippen LogP contribution in [0.15, 0.2) is 22.7 Å². The van der Waals surface area contributed by atoms with Gasteiger partial charge in [0.25, 0.3) is 0 Å². The summed E-state index contributed by atoms with van der Waals surface area (Å²) in [5, 5.41) is 3.27. The van der Waals surface area contributed by atoms with Gasteiger partial charge in [0.15, 0.2) is 0 Å². The number of halogens is 1. The van der Waals surface area contributed by atoms with E-state index in [1.165, 1.54) is 22.0 Å². The van der Waals surface area contributed by atoms with E-state index in [1.54, 1.807) is 0 Å². The van der Waals surface area contributed by atoms with Crippen molar-refractivity contribution in [3.05, 3.63) is 33.8 Å². The first-order valence-electron chi connectivity index (χ1n) is 3.77. The predicted octanol–water partition coefficient (Wildman–Crippen LogP) is 2.27. The molecule has 0 aromatic heterocycles. The minimum Gasteiger partial charge on any atom is -0.313 e. The van der Waals surface area contributed by atoms with Crippen molar-refractivity contribution < 1.29 is 0 Å².